The van der Waals surface area contributed by atoms with Crippen LogP contribution in [0.4, 0.5) is 17.3 Å². The highest BCUT2D eigenvalue weighted by Crippen LogP contribution is 2.20. The summed E-state index contributed by atoms with van der Waals surface area (Å²) in [6, 6.07) is 9.17. The monoisotopic (exact) mass is 255 g/mol. The molecular weight excluding hydrogens is 242 g/mol. The van der Waals surface area contributed by atoms with Crippen molar-refractivity contribution in [2.75, 3.05) is 24.4 Å². The number of methoxy groups -OCH3 is 1. The molecule has 0 amide bonds. The number of anilines is 3. The van der Waals surface area contributed by atoms with Crippen LogP contribution in [0, 0.1) is 11.5 Å². The molecule has 96 valence electrons. The predicted octanol–water partition coefficient (Wildman–Crippen LogP) is 2.15. The van der Waals surface area contributed by atoms with Crippen molar-refractivity contribution in [1.82, 2.24) is 9.97 Å². The zero-order chi connectivity index (χ0) is 13.7. The van der Waals surface area contributed by atoms with Gasteiger partial charge < -0.3 is 10.1 Å². The highest BCUT2D eigenvalue weighted by molar-refractivity contribution is 5.60. The molecule has 0 unspecified atom stereocenters. The van der Waals surface area contributed by atoms with Crippen LogP contribution in [0.25, 0.3) is 0 Å². The van der Waals surface area contributed by atoms with Crippen LogP contribution in [0.5, 0.6) is 5.75 Å². The summed E-state index contributed by atoms with van der Waals surface area (Å²) in [6.07, 6.45) is 3.40. The third-order valence-electron chi connectivity index (χ3n) is 2.51. The molecule has 1 aromatic heterocycles. The van der Waals surface area contributed by atoms with Crippen LogP contribution in [0.3, 0.4) is 0 Å². The van der Waals surface area contributed by atoms with Crippen molar-refractivity contribution in [3.63, 3.8) is 0 Å². The maximum atomic E-state index is 8.81. The van der Waals surface area contributed by atoms with Crippen LogP contribution in [0.2, 0.25) is 0 Å². The molecule has 0 fully saturated rings. The summed E-state index contributed by atoms with van der Waals surface area (Å²) in [6.45, 7) is 0. The van der Waals surface area contributed by atoms with Gasteiger partial charge in [0.1, 0.15) is 23.7 Å². The van der Waals surface area contributed by atoms with E-state index in [1.807, 2.05) is 30.5 Å². The largest absolute Gasteiger partial charge is 0.497 e. The molecule has 1 N–H and O–H groups in total. The minimum Gasteiger partial charge on any atom is -0.497 e. The summed E-state index contributed by atoms with van der Waals surface area (Å²) in [7, 11) is 3.26. The molecular formula is C13H13N5O. The molecule has 19 heavy (non-hydrogen) atoms. The summed E-state index contributed by atoms with van der Waals surface area (Å²) in [4.78, 5) is 9.48. The molecule has 0 atom stereocenters. The Kier molecular flexibility index (Phi) is 3.78. The van der Waals surface area contributed by atoms with Gasteiger partial charge in [-0.3, -0.25) is 4.90 Å². The smallest absolute Gasteiger partial charge is 0.185 e. The molecule has 0 saturated carbocycles. The lowest BCUT2D eigenvalue weighted by Crippen LogP contribution is -2.10. The summed E-state index contributed by atoms with van der Waals surface area (Å²) in [5.74, 6) is 1.95. The van der Waals surface area contributed by atoms with Gasteiger partial charge in [-0.1, -0.05) is 0 Å². The fourth-order valence-electron chi connectivity index (χ4n) is 1.47. The summed E-state index contributed by atoms with van der Waals surface area (Å²) >= 11 is 0. The Balaban J connectivity index is 2.16. The molecule has 0 aliphatic carbocycles. The third kappa shape index (κ3) is 3.10. The lowest BCUT2D eigenvalue weighted by molar-refractivity contribution is 0.415. The Bertz CT molecular complexity index is 591. The van der Waals surface area contributed by atoms with Crippen LogP contribution in [-0.2, 0) is 0 Å². The standard InChI is InChI=1S/C13H13N5O/c1-18(8-14)13-7-12(15-9-16-13)17-10-3-5-11(19-2)6-4-10/h3-7,9H,1-2H3,(H,15,16,17). The predicted molar refractivity (Wildman–Crippen MR) is 72.3 cm³/mol. The number of hydrogen-bond donors (Lipinski definition) is 1. The van der Waals surface area contributed by atoms with Gasteiger partial charge in [0.15, 0.2) is 6.19 Å². The van der Waals surface area contributed by atoms with Gasteiger partial charge >= 0.3 is 0 Å². The van der Waals surface area contributed by atoms with Crippen LogP contribution in [-0.4, -0.2) is 24.1 Å². The van der Waals surface area contributed by atoms with Gasteiger partial charge in [0.2, 0.25) is 0 Å². The number of nitriles is 1. The van der Waals surface area contributed by atoms with E-state index in [1.54, 1.807) is 20.2 Å². The Morgan fingerprint density at radius 1 is 1.26 bits per heavy atom. The first-order chi connectivity index (χ1) is 9.22. The van der Waals surface area contributed by atoms with Crippen LogP contribution in [0.1, 0.15) is 0 Å². The SMILES string of the molecule is COc1ccc(Nc2cc(N(C)C#N)ncn2)cc1. The van der Waals surface area contributed by atoms with E-state index in [9.17, 15) is 0 Å². The molecule has 6 nitrogen and oxygen atoms in total. The molecule has 0 spiro atoms. The quantitative estimate of drug-likeness (QED) is 0.666. The minimum atomic E-state index is 0.536. The maximum absolute atomic E-state index is 8.81. The van der Waals surface area contributed by atoms with Crippen molar-refractivity contribution in [3.05, 3.63) is 36.7 Å². The van der Waals surface area contributed by atoms with E-state index in [0.29, 0.717) is 11.6 Å². The highest BCUT2D eigenvalue weighted by Gasteiger charge is 2.03. The maximum Gasteiger partial charge on any atom is 0.185 e. The Labute approximate surface area is 111 Å². The summed E-state index contributed by atoms with van der Waals surface area (Å²) < 4.78 is 5.09. The number of nitrogens with zero attached hydrogens (tertiary/aromatic N) is 4. The van der Waals surface area contributed by atoms with E-state index in [2.05, 4.69) is 15.3 Å². The average molecular weight is 255 g/mol. The second-order valence-electron chi connectivity index (χ2n) is 3.77. The molecule has 2 aromatic rings. The van der Waals surface area contributed by atoms with E-state index in [4.69, 9.17) is 10.00 Å². The second-order valence-corrected chi connectivity index (χ2v) is 3.77. The van der Waals surface area contributed by atoms with Gasteiger partial charge in [-0.15, -0.1) is 0 Å². The number of aromatic nitrogens is 2. The molecule has 2 rings (SSSR count). The Morgan fingerprint density at radius 2 is 2.00 bits per heavy atom. The average Bonchev–Trinajstić information content (AvgIpc) is 2.47. The molecule has 1 heterocycles. The topological polar surface area (TPSA) is 74.1 Å². The van der Waals surface area contributed by atoms with Gasteiger partial charge in [0.25, 0.3) is 0 Å². The van der Waals surface area contributed by atoms with Crippen molar-refractivity contribution in [2.24, 2.45) is 0 Å². The van der Waals surface area contributed by atoms with Crippen LogP contribution < -0.4 is 15.0 Å². The van der Waals surface area contributed by atoms with Crippen LogP contribution in [0.15, 0.2) is 36.7 Å². The van der Waals surface area contributed by atoms with Crippen molar-refractivity contribution in [2.45, 2.75) is 0 Å². The number of benzene rings is 1. The summed E-state index contributed by atoms with van der Waals surface area (Å²) in [5, 5.41) is 11.9. The van der Waals surface area contributed by atoms with Gasteiger partial charge in [-0.25, -0.2) is 9.97 Å². The van der Waals surface area contributed by atoms with E-state index in [-0.39, 0.29) is 0 Å². The molecule has 0 saturated heterocycles. The fourth-order valence-corrected chi connectivity index (χ4v) is 1.47. The van der Waals surface area contributed by atoms with Crippen molar-refractivity contribution >= 4 is 17.3 Å². The zero-order valence-electron chi connectivity index (χ0n) is 10.7. The van der Waals surface area contributed by atoms with Crippen molar-refractivity contribution in [1.29, 1.82) is 5.26 Å². The van der Waals surface area contributed by atoms with E-state index in [0.717, 1.165) is 11.4 Å². The minimum absolute atomic E-state index is 0.536. The number of nitrogens with one attached hydrogen (secondary N) is 1. The first-order valence-corrected chi connectivity index (χ1v) is 5.59. The fraction of sp³-hybridized carbons (Fsp3) is 0.154. The number of hydrogen-bond acceptors (Lipinski definition) is 6. The Morgan fingerprint density at radius 3 is 2.63 bits per heavy atom. The lowest BCUT2D eigenvalue weighted by Gasteiger charge is -2.10. The van der Waals surface area contributed by atoms with Gasteiger partial charge in [0, 0.05) is 18.8 Å². The number of ether oxygens (including phenoxy) is 1. The molecule has 0 aliphatic heterocycles. The second kappa shape index (κ2) is 5.69. The van der Waals surface area contributed by atoms with Crippen molar-refractivity contribution in [3.8, 4) is 11.9 Å². The van der Waals surface area contributed by atoms with Gasteiger partial charge in [0.05, 0.1) is 7.11 Å². The summed E-state index contributed by atoms with van der Waals surface area (Å²) in [5.41, 5.74) is 0.880. The molecule has 0 bridgehead atoms. The highest BCUT2D eigenvalue weighted by atomic mass is 16.5. The van der Waals surface area contributed by atoms with E-state index in [1.165, 1.54) is 11.2 Å². The van der Waals surface area contributed by atoms with E-state index < -0.39 is 0 Å². The van der Waals surface area contributed by atoms with Crippen molar-refractivity contribution < 1.29 is 4.74 Å². The zero-order valence-corrected chi connectivity index (χ0v) is 10.7. The molecule has 1 aromatic carbocycles. The third-order valence-corrected chi connectivity index (χ3v) is 2.51. The van der Waals surface area contributed by atoms with Crippen LogP contribution >= 0.6 is 0 Å². The van der Waals surface area contributed by atoms with Gasteiger partial charge in [-0.05, 0) is 24.3 Å². The van der Waals surface area contributed by atoms with Gasteiger partial charge in [-0.2, -0.15) is 5.26 Å². The first kappa shape index (κ1) is 12.6. The number of rotatable bonds is 4. The molecule has 0 aliphatic rings. The van der Waals surface area contributed by atoms with E-state index >= 15 is 0 Å². The first-order valence-electron chi connectivity index (χ1n) is 5.59. The molecule has 6 heteroatoms. The normalized spacial score (nSPS) is 9.53. The molecule has 0 radical (unpaired) electrons. The Hall–Kier alpha value is -2.81. The lowest BCUT2D eigenvalue weighted by atomic mass is 10.3.